The van der Waals surface area contributed by atoms with E-state index in [4.69, 9.17) is 11.6 Å². The Bertz CT molecular complexity index is 329. The van der Waals surface area contributed by atoms with E-state index >= 15 is 0 Å². The first kappa shape index (κ1) is 12.9. The largest absolute Gasteiger partial charge is 0.301 e. The highest BCUT2D eigenvalue weighted by Gasteiger charge is 2.15. The average molecular weight is 252 g/mol. The molecule has 1 aliphatic rings. The molecule has 1 aliphatic heterocycles. The maximum absolute atomic E-state index is 5.88. The third kappa shape index (κ3) is 3.98. The van der Waals surface area contributed by atoms with Crippen LogP contribution >= 0.6 is 11.6 Å². The first-order valence-electron chi connectivity index (χ1n) is 6.26. The van der Waals surface area contributed by atoms with Crippen LogP contribution in [0.1, 0.15) is 12.0 Å². The van der Waals surface area contributed by atoms with E-state index in [-0.39, 0.29) is 0 Å². The molecule has 2 rings (SSSR count). The lowest BCUT2D eigenvalue weighted by Gasteiger charge is -2.34. The van der Waals surface area contributed by atoms with E-state index in [0.717, 1.165) is 37.6 Å². The number of benzene rings is 1. The Morgan fingerprint density at radius 2 is 1.59 bits per heavy atom. The Kier molecular flexibility index (Phi) is 4.84. The maximum Gasteiger partial charge on any atom is 0.0406 e. The number of hydrogen-bond acceptors (Lipinski definition) is 2. The minimum Gasteiger partial charge on any atom is -0.301 e. The zero-order chi connectivity index (χ0) is 12.1. The van der Waals surface area contributed by atoms with Crippen molar-refractivity contribution in [2.24, 2.45) is 0 Å². The minimum absolute atomic E-state index is 0.814. The van der Waals surface area contributed by atoms with Gasteiger partial charge in [0.1, 0.15) is 0 Å². The van der Waals surface area contributed by atoms with Crippen LogP contribution in [0, 0.1) is 6.92 Å². The second kappa shape index (κ2) is 6.39. The molecule has 1 heterocycles. The van der Waals surface area contributed by atoms with Crippen LogP contribution in [-0.4, -0.2) is 42.5 Å². The summed E-state index contributed by atoms with van der Waals surface area (Å²) in [4.78, 5) is 4.99. The van der Waals surface area contributed by atoms with Gasteiger partial charge < -0.3 is 4.90 Å². The predicted octanol–water partition coefficient (Wildman–Crippen LogP) is 2.68. The second-order valence-electron chi connectivity index (χ2n) is 4.60. The summed E-state index contributed by atoms with van der Waals surface area (Å²) in [5, 5.41) is 0.814. The summed E-state index contributed by atoms with van der Waals surface area (Å²) in [5.41, 5.74) is 1.35. The SMILES string of the molecule is [CH2]CCN1CCN(Cc2ccc(Cl)cc2)CC1. The highest BCUT2D eigenvalue weighted by atomic mass is 35.5. The molecule has 3 heteroatoms. The molecule has 1 radical (unpaired) electrons. The van der Waals surface area contributed by atoms with Gasteiger partial charge in [-0.05, 0) is 30.7 Å². The molecule has 0 atom stereocenters. The molecule has 2 nitrogen and oxygen atoms in total. The van der Waals surface area contributed by atoms with E-state index in [0.29, 0.717) is 0 Å². The number of rotatable bonds is 4. The molecule has 17 heavy (non-hydrogen) atoms. The maximum atomic E-state index is 5.88. The van der Waals surface area contributed by atoms with Gasteiger partial charge >= 0.3 is 0 Å². The molecular weight excluding hydrogens is 232 g/mol. The number of halogens is 1. The van der Waals surface area contributed by atoms with Crippen molar-refractivity contribution < 1.29 is 0 Å². The number of nitrogens with zero attached hydrogens (tertiary/aromatic N) is 2. The molecule has 0 amide bonds. The standard InChI is InChI=1S/C14H20ClN2/c1-2-7-16-8-10-17(11-9-16)12-13-3-5-14(15)6-4-13/h3-6H,1-2,7-12H2. The van der Waals surface area contributed by atoms with Crippen molar-refractivity contribution >= 4 is 11.6 Å². The van der Waals surface area contributed by atoms with E-state index < -0.39 is 0 Å². The molecule has 0 aliphatic carbocycles. The summed E-state index contributed by atoms with van der Waals surface area (Å²) >= 11 is 5.88. The van der Waals surface area contributed by atoms with Gasteiger partial charge in [0.25, 0.3) is 0 Å². The molecule has 1 aromatic carbocycles. The van der Waals surface area contributed by atoms with Gasteiger partial charge in [0.05, 0.1) is 0 Å². The quantitative estimate of drug-likeness (QED) is 0.812. The molecule has 0 aromatic heterocycles. The summed E-state index contributed by atoms with van der Waals surface area (Å²) in [6.07, 6.45) is 1.01. The number of hydrogen-bond donors (Lipinski definition) is 0. The highest BCUT2D eigenvalue weighted by Crippen LogP contribution is 2.12. The lowest BCUT2D eigenvalue weighted by atomic mass is 10.2. The first-order chi connectivity index (χ1) is 8.28. The van der Waals surface area contributed by atoms with Gasteiger partial charge in [0.2, 0.25) is 0 Å². The van der Waals surface area contributed by atoms with E-state index in [1.807, 2.05) is 12.1 Å². The predicted molar refractivity (Wildman–Crippen MR) is 73.1 cm³/mol. The summed E-state index contributed by atoms with van der Waals surface area (Å²) < 4.78 is 0. The van der Waals surface area contributed by atoms with Crippen molar-refractivity contribution in [1.82, 2.24) is 9.80 Å². The lowest BCUT2D eigenvalue weighted by Crippen LogP contribution is -2.45. The van der Waals surface area contributed by atoms with Crippen LogP contribution < -0.4 is 0 Å². The van der Waals surface area contributed by atoms with Crippen molar-refractivity contribution in [3.05, 3.63) is 41.8 Å². The molecule has 1 aromatic rings. The van der Waals surface area contributed by atoms with Gasteiger partial charge in [-0.2, -0.15) is 0 Å². The fourth-order valence-corrected chi connectivity index (χ4v) is 2.37. The molecule has 0 saturated carbocycles. The normalized spacial score (nSPS) is 18.5. The van der Waals surface area contributed by atoms with Crippen molar-refractivity contribution in [2.45, 2.75) is 13.0 Å². The fourth-order valence-electron chi connectivity index (χ4n) is 2.24. The molecule has 1 fully saturated rings. The summed E-state index contributed by atoms with van der Waals surface area (Å²) in [7, 11) is 0. The molecule has 0 N–H and O–H groups in total. The second-order valence-corrected chi connectivity index (χ2v) is 5.03. The first-order valence-corrected chi connectivity index (χ1v) is 6.64. The Morgan fingerprint density at radius 1 is 1.00 bits per heavy atom. The monoisotopic (exact) mass is 251 g/mol. The lowest BCUT2D eigenvalue weighted by molar-refractivity contribution is 0.128. The van der Waals surface area contributed by atoms with Crippen LogP contribution in [0.2, 0.25) is 5.02 Å². The van der Waals surface area contributed by atoms with Crippen LogP contribution in [0.5, 0.6) is 0 Å². The van der Waals surface area contributed by atoms with Crippen LogP contribution in [0.25, 0.3) is 0 Å². The van der Waals surface area contributed by atoms with Gasteiger partial charge in [-0.25, -0.2) is 0 Å². The molecule has 0 bridgehead atoms. The van der Waals surface area contributed by atoms with Gasteiger partial charge in [0.15, 0.2) is 0 Å². The van der Waals surface area contributed by atoms with Crippen LogP contribution in [0.15, 0.2) is 24.3 Å². The third-order valence-electron chi connectivity index (χ3n) is 3.26. The molecule has 0 spiro atoms. The van der Waals surface area contributed by atoms with Gasteiger partial charge in [-0.1, -0.05) is 30.7 Å². The van der Waals surface area contributed by atoms with Gasteiger partial charge in [-0.15, -0.1) is 0 Å². The van der Waals surface area contributed by atoms with Crippen molar-refractivity contribution in [2.75, 3.05) is 32.7 Å². The Balaban J connectivity index is 1.79. The molecular formula is C14H20ClN2. The Labute approximate surface area is 109 Å². The topological polar surface area (TPSA) is 6.48 Å². The minimum atomic E-state index is 0.814. The van der Waals surface area contributed by atoms with Crippen molar-refractivity contribution in [3.8, 4) is 0 Å². The average Bonchev–Trinajstić information content (AvgIpc) is 2.35. The summed E-state index contributed by atoms with van der Waals surface area (Å²) in [5.74, 6) is 0. The number of piperazine rings is 1. The molecule has 0 unspecified atom stereocenters. The highest BCUT2D eigenvalue weighted by molar-refractivity contribution is 6.30. The van der Waals surface area contributed by atoms with Crippen molar-refractivity contribution in [1.29, 1.82) is 0 Å². The smallest absolute Gasteiger partial charge is 0.0406 e. The summed E-state index contributed by atoms with van der Waals surface area (Å²) in [6.45, 7) is 10.7. The zero-order valence-electron chi connectivity index (χ0n) is 10.2. The fraction of sp³-hybridized carbons (Fsp3) is 0.500. The van der Waals surface area contributed by atoms with Crippen LogP contribution in [0.4, 0.5) is 0 Å². The van der Waals surface area contributed by atoms with Crippen molar-refractivity contribution in [3.63, 3.8) is 0 Å². The zero-order valence-corrected chi connectivity index (χ0v) is 11.0. The molecule has 93 valence electrons. The van der Waals surface area contributed by atoms with Crippen LogP contribution in [0.3, 0.4) is 0 Å². The van der Waals surface area contributed by atoms with E-state index in [9.17, 15) is 0 Å². The Morgan fingerprint density at radius 3 is 2.18 bits per heavy atom. The summed E-state index contributed by atoms with van der Waals surface area (Å²) in [6, 6.07) is 8.17. The molecule has 1 saturated heterocycles. The van der Waals surface area contributed by atoms with E-state index in [1.165, 1.54) is 18.7 Å². The Hall–Kier alpha value is -0.570. The van der Waals surface area contributed by atoms with E-state index in [1.54, 1.807) is 0 Å². The third-order valence-corrected chi connectivity index (χ3v) is 3.51. The van der Waals surface area contributed by atoms with Gasteiger partial charge in [-0.3, -0.25) is 4.90 Å². The van der Waals surface area contributed by atoms with Crippen LogP contribution in [-0.2, 0) is 6.54 Å². The van der Waals surface area contributed by atoms with E-state index in [2.05, 4.69) is 28.9 Å². The van der Waals surface area contributed by atoms with Gasteiger partial charge in [0, 0.05) is 37.7 Å².